The highest BCUT2D eigenvalue weighted by molar-refractivity contribution is 7.99. The van der Waals surface area contributed by atoms with Crippen molar-refractivity contribution in [3.05, 3.63) is 64.6 Å². The third kappa shape index (κ3) is 4.54. The molecule has 0 atom stereocenters. The molecule has 0 aliphatic rings. The topological polar surface area (TPSA) is 34.0 Å². The van der Waals surface area contributed by atoms with E-state index in [1.807, 2.05) is 12.3 Å². The lowest BCUT2D eigenvalue weighted by atomic mass is 10.2. The maximum atomic E-state index is 11.6. The van der Waals surface area contributed by atoms with Gasteiger partial charge in [-0.15, -0.1) is 11.8 Å². The Morgan fingerprint density at radius 3 is 2.65 bits per heavy atom. The fourth-order valence-electron chi connectivity index (χ4n) is 1.88. The molecule has 1 aromatic heterocycles. The third-order valence-electron chi connectivity index (χ3n) is 3.00. The molecule has 1 N–H and O–H groups in total. The highest BCUT2D eigenvalue weighted by atomic mass is 32.2. The minimum absolute atomic E-state index is 0.0640. The second kappa shape index (κ2) is 7.92. The molecule has 4 heteroatoms. The van der Waals surface area contributed by atoms with Crippen LogP contribution in [0.15, 0.2) is 58.4 Å². The number of hydrogen-bond donors (Lipinski definition) is 1. The highest BCUT2D eigenvalue weighted by Crippen LogP contribution is 2.18. The van der Waals surface area contributed by atoms with Gasteiger partial charge >= 0.3 is 0 Å². The molecular formula is C16H20N2OS. The van der Waals surface area contributed by atoms with Crippen molar-refractivity contribution in [2.75, 3.05) is 12.3 Å². The molecule has 0 unspecified atom stereocenters. The maximum Gasteiger partial charge on any atom is 0.250 e. The molecule has 0 radical (unpaired) electrons. The van der Waals surface area contributed by atoms with Crippen LogP contribution >= 0.6 is 11.8 Å². The van der Waals surface area contributed by atoms with Crippen LogP contribution in [0.2, 0.25) is 0 Å². The van der Waals surface area contributed by atoms with Crippen molar-refractivity contribution in [1.82, 2.24) is 9.88 Å². The lowest BCUT2D eigenvalue weighted by molar-refractivity contribution is 0.726. The molecule has 0 spiro atoms. The second-order valence-corrected chi connectivity index (χ2v) is 5.67. The average Bonchev–Trinajstić information content (AvgIpc) is 2.48. The summed E-state index contributed by atoms with van der Waals surface area (Å²) in [6, 6.07) is 13.9. The lowest BCUT2D eigenvalue weighted by Crippen LogP contribution is -2.18. The summed E-state index contributed by atoms with van der Waals surface area (Å²) in [5.74, 6) is 0.899. The van der Waals surface area contributed by atoms with E-state index < -0.39 is 0 Å². The quantitative estimate of drug-likeness (QED) is 0.796. The fraction of sp³-hybridized carbons (Fsp3) is 0.312. The fourth-order valence-corrected chi connectivity index (χ4v) is 2.73. The van der Waals surface area contributed by atoms with Crippen LogP contribution in [0.5, 0.6) is 0 Å². The minimum Gasteiger partial charge on any atom is -0.315 e. The van der Waals surface area contributed by atoms with Crippen LogP contribution in [0.3, 0.4) is 0 Å². The average molecular weight is 288 g/mol. The van der Waals surface area contributed by atoms with Gasteiger partial charge in [-0.2, -0.15) is 0 Å². The van der Waals surface area contributed by atoms with E-state index in [-0.39, 0.29) is 5.56 Å². The second-order valence-electron chi connectivity index (χ2n) is 4.51. The van der Waals surface area contributed by atoms with E-state index in [9.17, 15) is 4.79 Å². The van der Waals surface area contributed by atoms with Crippen molar-refractivity contribution >= 4 is 11.8 Å². The summed E-state index contributed by atoms with van der Waals surface area (Å²) in [5, 5.41) is 3.31. The third-order valence-corrected chi connectivity index (χ3v) is 3.99. The van der Waals surface area contributed by atoms with Crippen molar-refractivity contribution in [3.8, 4) is 0 Å². The van der Waals surface area contributed by atoms with Crippen molar-refractivity contribution < 1.29 is 0 Å². The van der Waals surface area contributed by atoms with Crippen LogP contribution in [-0.2, 0) is 13.1 Å². The number of nitrogens with one attached hydrogen (secondary N) is 1. The first kappa shape index (κ1) is 14.9. The van der Waals surface area contributed by atoms with Gasteiger partial charge in [0, 0.05) is 36.0 Å². The maximum absolute atomic E-state index is 11.6. The van der Waals surface area contributed by atoms with Gasteiger partial charge in [0.25, 0.3) is 5.56 Å². The van der Waals surface area contributed by atoms with E-state index in [1.165, 1.54) is 10.5 Å². The van der Waals surface area contributed by atoms with E-state index in [1.54, 1.807) is 28.5 Å². The Morgan fingerprint density at radius 2 is 1.95 bits per heavy atom. The molecule has 106 valence electrons. The number of benzene rings is 1. The van der Waals surface area contributed by atoms with E-state index >= 15 is 0 Å². The van der Waals surface area contributed by atoms with Crippen molar-refractivity contribution in [1.29, 1.82) is 0 Å². The smallest absolute Gasteiger partial charge is 0.250 e. The number of thioether (sulfide) groups is 1. The molecule has 2 rings (SSSR count). The van der Waals surface area contributed by atoms with Gasteiger partial charge in [-0.3, -0.25) is 4.79 Å². The largest absolute Gasteiger partial charge is 0.315 e. The SMILES string of the molecule is CCNCc1ccc(SCCn2ccccc2=O)cc1. The Labute approximate surface area is 124 Å². The molecule has 0 aliphatic heterocycles. The molecule has 0 amide bonds. The zero-order valence-corrected chi connectivity index (χ0v) is 12.5. The Morgan fingerprint density at radius 1 is 1.15 bits per heavy atom. The van der Waals surface area contributed by atoms with Gasteiger partial charge in [0.2, 0.25) is 0 Å². The molecule has 0 saturated carbocycles. The highest BCUT2D eigenvalue weighted by Gasteiger charge is 1.97. The molecule has 0 bridgehead atoms. The first-order chi connectivity index (χ1) is 9.79. The Bertz CT molecular complexity index is 578. The van der Waals surface area contributed by atoms with Crippen molar-refractivity contribution in [2.45, 2.75) is 24.9 Å². The Hall–Kier alpha value is -1.52. The first-order valence-electron chi connectivity index (χ1n) is 6.87. The van der Waals surface area contributed by atoms with Gasteiger partial charge in [-0.05, 0) is 30.3 Å². The van der Waals surface area contributed by atoms with Gasteiger partial charge in [0.1, 0.15) is 0 Å². The van der Waals surface area contributed by atoms with Crippen molar-refractivity contribution in [3.63, 3.8) is 0 Å². The number of aryl methyl sites for hydroxylation is 1. The molecule has 1 aromatic carbocycles. The lowest BCUT2D eigenvalue weighted by Gasteiger charge is -2.06. The predicted octanol–water partition coefficient (Wildman–Crippen LogP) is 2.75. The van der Waals surface area contributed by atoms with E-state index in [0.717, 1.165) is 25.4 Å². The summed E-state index contributed by atoms with van der Waals surface area (Å²) < 4.78 is 1.74. The molecule has 0 saturated heterocycles. The van der Waals surface area contributed by atoms with E-state index in [0.29, 0.717) is 0 Å². The number of rotatable bonds is 7. The minimum atomic E-state index is 0.0640. The van der Waals surface area contributed by atoms with Crippen LogP contribution < -0.4 is 10.9 Å². The molecular weight excluding hydrogens is 268 g/mol. The standard InChI is InChI=1S/C16H20N2OS/c1-2-17-13-14-6-8-15(9-7-14)20-12-11-18-10-4-3-5-16(18)19/h3-10,17H,2,11-13H2,1H3. The van der Waals surface area contributed by atoms with Crippen LogP contribution in [0.1, 0.15) is 12.5 Å². The summed E-state index contributed by atoms with van der Waals surface area (Å²) in [6.07, 6.45) is 1.84. The monoisotopic (exact) mass is 288 g/mol. The zero-order valence-electron chi connectivity index (χ0n) is 11.7. The summed E-state index contributed by atoms with van der Waals surface area (Å²) in [5.41, 5.74) is 1.37. The molecule has 0 aliphatic carbocycles. The Balaban J connectivity index is 1.82. The van der Waals surface area contributed by atoms with Gasteiger partial charge < -0.3 is 9.88 Å². The van der Waals surface area contributed by atoms with E-state index in [2.05, 4.69) is 36.5 Å². The molecule has 20 heavy (non-hydrogen) atoms. The van der Waals surface area contributed by atoms with Gasteiger partial charge in [0.05, 0.1) is 0 Å². The van der Waals surface area contributed by atoms with Crippen LogP contribution in [0.25, 0.3) is 0 Å². The number of nitrogens with zero attached hydrogens (tertiary/aromatic N) is 1. The van der Waals surface area contributed by atoms with Gasteiger partial charge in [-0.25, -0.2) is 0 Å². The predicted molar refractivity (Wildman–Crippen MR) is 85.2 cm³/mol. The Kier molecular flexibility index (Phi) is 5.89. The van der Waals surface area contributed by atoms with Gasteiger partial charge in [0.15, 0.2) is 0 Å². The molecule has 3 nitrogen and oxygen atoms in total. The molecule has 0 fully saturated rings. The number of hydrogen-bond acceptors (Lipinski definition) is 3. The first-order valence-corrected chi connectivity index (χ1v) is 7.86. The summed E-state index contributed by atoms with van der Waals surface area (Å²) in [4.78, 5) is 12.8. The summed E-state index contributed by atoms with van der Waals surface area (Å²) >= 11 is 1.78. The number of aromatic nitrogens is 1. The summed E-state index contributed by atoms with van der Waals surface area (Å²) in [6.45, 7) is 4.75. The number of pyridine rings is 1. The van der Waals surface area contributed by atoms with Crippen LogP contribution in [0.4, 0.5) is 0 Å². The van der Waals surface area contributed by atoms with Crippen LogP contribution in [0, 0.1) is 0 Å². The normalized spacial score (nSPS) is 10.7. The molecule has 1 heterocycles. The van der Waals surface area contributed by atoms with Crippen molar-refractivity contribution in [2.24, 2.45) is 0 Å². The van der Waals surface area contributed by atoms with Crippen LogP contribution in [-0.4, -0.2) is 16.9 Å². The van der Waals surface area contributed by atoms with Gasteiger partial charge in [-0.1, -0.05) is 25.1 Å². The zero-order chi connectivity index (χ0) is 14.2. The molecule has 2 aromatic rings. The summed E-state index contributed by atoms with van der Waals surface area (Å²) in [7, 11) is 0. The van der Waals surface area contributed by atoms with E-state index in [4.69, 9.17) is 0 Å².